The lowest BCUT2D eigenvalue weighted by Crippen LogP contribution is -2.38. The molecule has 0 amide bonds. The smallest absolute Gasteiger partial charge is 0.308 e. The van der Waals surface area contributed by atoms with Crippen molar-refractivity contribution in [3.63, 3.8) is 0 Å². The van der Waals surface area contributed by atoms with Crippen LogP contribution in [-0.4, -0.2) is 33.6 Å². The number of halogens is 7. The highest BCUT2D eigenvalue weighted by Crippen LogP contribution is 2.46. The lowest BCUT2D eigenvalue weighted by Gasteiger charge is -2.36. The Morgan fingerprint density at radius 2 is 1.81 bits per heavy atom. The molecular formula is C20H10Cl3F4N3O2. The number of alkyl halides is 3. The van der Waals surface area contributed by atoms with E-state index >= 15 is 0 Å². The van der Waals surface area contributed by atoms with Gasteiger partial charge < -0.3 is 5.41 Å². The third kappa shape index (κ3) is 4.42. The van der Waals surface area contributed by atoms with Crippen molar-refractivity contribution in [2.24, 2.45) is 4.99 Å². The molecule has 0 aromatic heterocycles. The first-order chi connectivity index (χ1) is 15.0. The Bertz CT molecular complexity index is 1200. The highest BCUT2D eigenvalue weighted by molar-refractivity contribution is 6.69. The molecule has 0 spiro atoms. The van der Waals surface area contributed by atoms with E-state index in [4.69, 9.17) is 40.2 Å². The van der Waals surface area contributed by atoms with Crippen LogP contribution >= 0.6 is 34.8 Å². The van der Waals surface area contributed by atoms with Gasteiger partial charge in [0.1, 0.15) is 5.82 Å². The van der Waals surface area contributed by atoms with Gasteiger partial charge in [0.2, 0.25) is 0 Å². The number of hydroxylamine groups is 2. The molecule has 32 heavy (non-hydrogen) atoms. The Hall–Kier alpha value is -2.72. The van der Waals surface area contributed by atoms with E-state index in [1.807, 2.05) is 0 Å². The predicted molar refractivity (Wildman–Crippen MR) is 113 cm³/mol. The summed E-state index contributed by atoms with van der Waals surface area (Å²) in [5, 5.41) is 16.7. The van der Waals surface area contributed by atoms with Gasteiger partial charge in [0.05, 0.1) is 33.2 Å². The van der Waals surface area contributed by atoms with Crippen molar-refractivity contribution in [1.29, 1.82) is 5.41 Å². The molecule has 5 nitrogen and oxygen atoms in total. The van der Waals surface area contributed by atoms with E-state index in [1.54, 1.807) is 0 Å². The molecule has 0 fully saturated rings. The zero-order valence-corrected chi connectivity index (χ0v) is 17.8. The van der Waals surface area contributed by atoms with Crippen LogP contribution in [0.4, 0.5) is 23.2 Å². The number of rotatable bonds is 5. The molecule has 2 aromatic rings. The summed E-state index contributed by atoms with van der Waals surface area (Å²) in [4.78, 5) is 15.5. The number of hydrogen-bond donors (Lipinski definition) is 2. The van der Waals surface area contributed by atoms with Gasteiger partial charge in [0.15, 0.2) is 5.71 Å². The zero-order valence-electron chi connectivity index (χ0n) is 15.5. The number of carbonyl (C=O) groups is 1. The van der Waals surface area contributed by atoms with Crippen molar-refractivity contribution in [1.82, 2.24) is 5.06 Å². The summed E-state index contributed by atoms with van der Waals surface area (Å²) in [6, 6.07) is 8.63. The van der Waals surface area contributed by atoms with E-state index in [9.17, 15) is 27.6 Å². The molecule has 0 aliphatic carbocycles. The molecule has 0 unspecified atom stereocenters. The van der Waals surface area contributed by atoms with Gasteiger partial charge in [-0.05, 0) is 41.9 Å². The quantitative estimate of drug-likeness (QED) is 0.274. The number of benzene rings is 2. The summed E-state index contributed by atoms with van der Waals surface area (Å²) >= 11 is 17.3. The molecule has 1 heterocycles. The molecule has 0 saturated heterocycles. The van der Waals surface area contributed by atoms with E-state index in [0.717, 1.165) is 12.1 Å². The van der Waals surface area contributed by atoms with Crippen LogP contribution in [0, 0.1) is 11.2 Å². The van der Waals surface area contributed by atoms with Gasteiger partial charge >= 0.3 is 6.18 Å². The number of hydrogen-bond acceptors (Lipinski definition) is 5. The third-order valence-corrected chi connectivity index (χ3v) is 5.00. The van der Waals surface area contributed by atoms with Crippen molar-refractivity contribution in [3.05, 3.63) is 80.7 Å². The first kappa shape index (κ1) is 23.9. The Balaban J connectivity index is 2.32. The Kier molecular flexibility index (Phi) is 6.75. The van der Waals surface area contributed by atoms with Crippen molar-refractivity contribution < 1.29 is 27.6 Å². The Morgan fingerprint density at radius 3 is 2.34 bits per heavy atom. The second-order valence-corrected chi connectivity index (χ2v) is 7.44. The average molecular weight is 507 g/mol. The maximum atomic E-state index is 14.3. The normalized spacial score (nSPS) is 16.1. The molecule has 3 rings (SSSR count). The maximum absolute atomic E-state index is 14.3. The van der Waals surface area contributed by atoms with Crippen molar-refractivity contribution in [2.45, 2.75) is 6.18 Å². The lowest BCUT2D eigenvalue weighted by molar-refractivity contribution is -0.110. The molecule has 1 aliphatic heterocycles. The molecular weight excluding hydrogens is 497 g/mol. The highest BCUT2D eigenvalue weighted by atomic mass is 35.5. The second-order valence-electron chi connectivity index (χ2n) is 6.25. The second kappa shape index (κ2) is 9.03. The molecule has 1 aliphatic rings. The Labute approximate surface area is 193 Å². The number of carbonyl (C=O) groups excluding carboxylic acids is 1. The van der Waals surface area contributed by atoms with Crippen molar-refractivity contribution in [3.8, 4) is 0 Å². The predicted octanol–water partition coefficient (Wildman–Crippen LogP) is 6.55. The molecule has 0 saturated carbocycles. The van der Waals surface area contributed by atoms with Crippen LogP contribution in [0.15, 0.2) is 64.3 Å². The molecule has 2 aromatic carbocycles. The standard InChI is InChI=1S/C20H10Cl3F4N3O2/c21-9-3-1-4-10(7-9)29-18(20(25,26)27)11(8-28)16-15(19(23)31)17(30(16)32)14-12(22)5-2-6-13(14)24/h1-8,28,32H. The summed E-state index contributed by atoms with van der Waals surface area (Å²) in [5.41, 5.74) is -5.25. The molecule has 12 heteroatoms. The molecule has 166 valence electrons. The molecule has 0 bridgehead atoms. The highest BCUT2D eigenvalue weighted by Gasteiger charge is 2.46. The van der Waals surface area contributed by atoms with Gasteiger partial charge in [-0.3, -0.25) is 10.0 Å². The fourth-order valence-corrected chi connectivity index (χ4v) is 3.59. The van der Waals surface area contributed by atoms with Crippen LogP contribution in [0.2, 0.25) is 10.0 Å². The molecule has 2 N–H and O–H groups in total. The van der Waals surface area contributed by atoms with Gasteiger partial charge in [-0.25, -0.2) is 14.4 Å². The summed E-state index contributed by atoms with van der Waals surface area (Å²) < 4.78 is 55.9. The fraction of sp³-hybridized carbons (Fsp3) is 0.0500. The van der Waals surface area contributed by atoms with Crippen LogP contribution in [0.3, 0.4) is 0 Å². The minimum atomic E-state index is -5.12. The van der Waals surface area contributed by atoms with Gasteiger partial charge in [-0.2, -0.15) is 13.2 Å². The van der Waals surface area contributed by atoms with Crippen LogP contribution in [0.1, 0.15) is 5.56 Å². The minimum absolute atomic E-state index is 0.109. The monoisotopic (exact) mass is 505 g/mol. The first-order valence-corrected chi connectivity index (χ1v) is 9.65. The van der Waals surface area contributed by atoms with E-state index < -0.39 is 51.1 Å². The number of nitrogens with zero attached hydrogens (tertiary/aromatic N) is 2. The van der Waals surface area contributed by atoms with E-state index in [1.165, 1.54) is 30.3 Å². The summed E-state index contributed by atoms with van der Waals surface area (Å²) in [6.07, 6.45) is -4.87. The van der Waals surface area contributed by atoms with Gasteiger partial charge in [0, 0.05) is 16.8 Å². The third-order valence-electron chi connectivity index (χ3n) is 4.27. The SMILES string of the molecule is N=CC(C(=Nc1cccc(Cl)c1)C(F)(F)F)=C1C(C(=O)Cl)=C(c2c(F)cccc2Cl)N1O. The number of nitrogens with one attached hydrogen (secondary N) is 1. The van der Waals surface area contributed by atoms with Gasteiger partial charge in [0.25, 0.3) is 5.24 Å². The van der Waals surface area contributed by atoms with Crippen molar-refractivity contribution in [2.75, 3.05) is 0 Å². The van der Waals surface area contributed by atoms with Gasteiger partial charge in [-0.15, -0.1) is 0 Å². The van der Waals surface area contributed by atoms with Gasteiger partial charge in [-0.1, -0.05) is 35.3 Å². The summed E-state index contributed by atoms with van der Waals surface area (Å²) in [5.74, 6) is -0.957. The topological polar surface area (TPSA) is 76.8 Å². The number of aliphatic imine (C=N–C) groups is 1. The van der Waals surface area contributed by atoms with Crippen molar-refractivity contribution >= 4 is 63.4 Å². The van der Waals surface area contributed by atoms with E-state index in [0.29, 0.717) is 0 Å². The maximum Gasteiger partial charge on any atom is 0.434 e. The average Bonchev–Trinajstić information content (AvgIpc) is 2.69. The molecule has 0 atom stereocenters. The molecule has 0 radical (unpaired) electrons. The zero-order chi connectivity index (χ0) is 23.8. The minimum Gasteiger partial charge on any atom is -0.308 e. The summed E-state index contributed by atoms with van der Waals surface area (Å²) in [7, 11) is 0. The van der Waals surface area contributed by atoms with Crippen LogP contribution < -0.4 is 0 Å². The fourth-order valence-electron chi connectivity index (χ4n) is 2.97. The van der Waals surface area contributed by atoms with E-state index in [2.05, 4.69) is 4.99 Å². The van der Waals surface area contributed by atoms with Crippen LogP contribution in [-0.2, 0) is 4.79 Å². The first-order valence-electron chi connectivity index (χ1n) is 8.51. The number of allylic oxidation sites excluding steroid dienone is 2. The Morgan fingerprint density at radius 1 is 1.16 bits per heavy atom. The van der Waals surface area contributed by atoms with Crippen LogP contribution in [0.5, 0.6) is 0 Å². The lowest BCUT2D eigenvalue weighted by atomic mass is 9.91. The summed E-state index contributed by atoms with van der Waals surface area (Å²) in [6.45, 7) is 0. The van der Waals surface area contributed by atoms with E-state index in [-0.39, 0.29) is 27.0 Å². The largest absolute Gasteiger partial charge is 0.434 e. The van der Waals surface area contributed by atoms with Crippen LogP contribution in [0.25, 0.3) is 5.70 Å².